The number of benzene rings is 3. The molecule has 3 aromatic carbocycles. The van der Waals surface area contributed by atoms with Crippen molar-refractivity contribution in [1.82, 2.24) is 4.90 Å². The molecule has 42 heavy (non-hydrogen) atoms. The first-order valence-corrected chi connectivity index (χ1v) is 15.0. The van der Waals surface area contributed by atoms with Gasteiger partial charge in [-0.25, -0.2) is 4.39 Å². The number of methoxy groups -OCH3 is 2. The molecule has 1 aliphatic heterocycles. The quantitative estimate of drug-likeness (QED) is 0.252. The van der Waals surface area contributed by atoms with E-state index in [-0.39, 0.29) is 17.5 Å². The van der Waals surface area contributed by atoms with E-state index in [1.807, 2.05) is 24.3 Å². The largest absolute Gasteiger partial charge is 0.508 e. The van der Waals surface area contributed by atoms with Gasteiger partial charge in [-0.15, -0.1) is 0 Å². The first-order chi connectivity index (χ1) is 20.4. The van der Waals surface area contributed by atoms with E-state index in [9.17, 15) is 5.11 Å². The van der Waals surface area contributed by atoms with Crippen molar-refractivity contribution in [1.29, 1.82) is 0 Å². The van der Waals surface area contributed by atoms with Crippen LogP contribution in [-0.4, -0.2) is 57.0 Å². The minimum absolute atomic E-state index is 0.274. The number of rotatable bonds is 11. The summed E-state index contributed by atoms with van der Waals surface area (Å²) in [5.74, 6) is 1.90. The molecule has 1 heterocycles. The number of hydrogen-bond donors (Lipinski definition) is 1. The second kappa shape index (κ2) is 13.5. The zero-order chi connectivity index (χ0) is 29.6. The number of phenols is 1. The molecule has 0 amide bonds. The van der Waals surface area contributed by atoms with Crippen LogP contribution in [0.1, 0.15) is 54.4 Å². The molecule has 0 spiro atoms. The molecule has 224 valence electrons. The van der Waals surface area contributed by atoms with Crippen LogP contribution in [0.5, 0.6) is 23.0 Å². The number of halogens is 1. The van der Waals surface area contributed by atoms with Crippen LogP contribution >= 0.6 is 0 Å². The topological polar surface area (TPSA) is 54.4 Å². The smallest absolute Gasteiger partial charge is 0.165 e. The second-order valence-corrected chi connectivity index (χ2v) is 11.4. The van der Waals surface area contributed by atoms with Gasteiger partial charge >= 0.3 is 0 Å². The van der Waals surface area contributed by atoms with Gasteiger partial charge in [-0.05, 0) is 104 Å². The maximum atomic E-state index is 15.2. The summed E-state index contributed by atoms with van der Waals surface area (Å²) in [5, 5.41) is 9.95. The molecule has 1 N–H and O–H groups in total. The standard InChI is InChI=1S/C35H43FN2O4/c1-5-38(23-25-8-13-33(31(36)17-25)42-16-15-37-14-6-7-24(2)22-37)32-21-35(41-4)34(40-3)20-30(32)28-10-9-27-19-29(39)12-11-26(27)18-28/h8,11-13,17,19-21,28,39H,2,5-7,9-10,14-16,18,22-23H2,1,3-4H3. The first-order valence-electron chi connectivity index (χ1n) is 15.0. The molecule has 6 nitrogen and oxygen atoms in total. The van der Waals surface area contributed by atoms with Crippen LogP contribution in [0.3, 0.4) is 0 Å². The summed E-state index contributed by atoms with van der Waals surface area (Å²) in [4.78, 5) is 4.58. The SMILES string of the molecule is C=C1CCCN(CCOc2ccc(CN(CC)c3cc(OC)c(OC)cc3C3CCc4cc(O)ccc4C3)cc2F)C1. The Labute approximate surface area is 249 Å². The van der Waals surface area contributed by atoms with Crippen LogP contribution in [0.4, 0.5) is 10.1 Å². The lowest BCUT2D eigenvalue weighted by Gasteiger charge is -2.32. The highest BCUT2D eigenvalue weighted by Crippen LogP contribution is 2.43. The molecule has 5 rings (SSSR count). The Hall–Kier alpha value is -3.71. The summed E-state index contributed by atoms with van der Waals surface area (Å²) in [6, 6.07) is 15.1. The number of piperidine rings is 1. The van der Waals surface area contributed by atoms with Crippen LogP contribution < -0.4 is 19.1 Å². The van der Waals surface area contributed by atoms with E-state index >= 15 is 4.39 Å². The molecule has 1 aliphatic carbocycles. The Morgan fingerprint density at radius 3 is 2.55 bits per heavy atom. The van der Waals surface area contributed by atoms with Crippen LogP contribution in [0.25, 0.3) is 0 Å². The summed E-state index contributed by atoms with van der Waals surface area (Å²) in [7, 11) is 3.31. The third-order valence-electron chi connectivity index (χ3n) is 8.60. The monoisotopic (exact) mass is 574 g/mol. The molecular formula is C35H43FN2O4. The fourth-order valence-electron chi connectivity index (χ4n) is 6.34. The molecule has 2 aliphatic rings. The number of fused-ring (bicyclic) bond motifs is 1. The number of nitrogens with zero attached hydrogens (tertiary/aromatic N) is 2. The van der Waals surface area contributed by atoms with E-state index in [0.717, 1.165) is 69.5 Å². The van der Waals surface area contributed by atoms with Crippen molar-refractivity contribution in [2.75, 3.05) is 51.9 Å². The molecule has 3 aromatic rings. The zero-order valence-corrected chi connectivity index (χ0v) is 25.1. The van der Waals surface area contributed by atoms with E-state index in [1.54, 1.807) is 32.4 Å². The number of aryl methyl sites for hydroxylation is 1. The molecular weight excluding hydrogens is 531 g/mol. The van der Waals surface area contributed by atoms with Gasteiger partial charge in [-0.2, -0.15) is 0 Å². The minimum atomic E-state index is -0.341. The van der Waals surface area contributed by atoms with Crippen LogP contribution in [0.15, 0.2) is 60.7 Å². The minimum Gasteiger partial charge on any atom is -0.508 e. The highest BCUT2D eigenvalue weighted by atomic mass is 19.1. The van der Waals surface area contributed by atoms with Crippen LogP contribution in [0.2, 0.25) is 0 Å². The van der Waals surface area contributed by atoms with E-state index in [4.69, 9.17) is 14.2 Å². The average Bonchev–Trinajstić information content (AvgIpc) is 3.00. The van der Waals surface area contributed by atoms with E-state index < -0.39 is 0 Å². The van der Waals surface area contributed by atoms with Crippen molar-refractivity contribution in [3.8, 4) is 23.0 Å². The molecule has 0 bridgehead atoms. The fraction of sp³-hybridized carbons (Fsp3) is 0.429. The normalized spacial score (nSPS) is 17.0. The Bertz CT molecular complexity index is 1410. The van der Waals surface area contributed by atoms with Crippen molar-refractivity contribution in [2.45, 2.75) is 51.5 Å². The highest BCUT2D eigenvalue weighted by Gasteiger charge is 2.26. The Morgan fingerprint density at radius 2 is 1.81 bits per heavy atom. The van der Waals surface area contributed by atoms with Crippen molar-refractivity contribution in [2.24, 2.45) is 0 Å². The third-order valence-corrected chi connectivity index (χ3v) is 8.60. The van der Waals surface area contributed by atoms with Gasteiger partial charge in [-0.3, -0.25) is 4.90 Å². The van der Waals surface area contributed by atoms with Gasteiger partial charge in [0.05, 0.1) is 14.2 Å². The van der Waals surface area contributed by atoms with Gasteiger partial charge in [0.15, 0.2) is 23.1 Å². The maximum absolute atomic E-state index is 15.2. The molecule has 0 radical (unpaired) electrons. The fourth-order valence-corrected chi connectivity index (χ4v) is 6.34. The first kappa shape index (κ1) is 29.8. The molecule has 7 heteroatoms. The van der Waals surface area contributed by atoms with Crippen molar-refractivity contribution >= 4 is 5.69 Å². The predicted molar refractivity (Wildman–Crippen MR) is 166 cm³/mol. The lowest BCUT2D eigenvalue weighted by Crippen LogP contribution is -2.34. The van der Waals surface area contributed by atoms with Crippen molar-refractivity contribution in [3.63, 3.8) is 0 Å². The number of likely N-dealkylation sites (tertiary alicyclic amines) is 1. The van der Waals surface area contributed by atoms with E-state index in [1.165, 1.54) is 22.3 Å². The Morgan fingerprint density at radius 1 is 1.00 bits per heavy atom. The summed E-state index contributed by atoms with van der Waals surface area (Å²) >= 11 is 0. The molecule has 1 saturated heterocycles. The number of aromatic hydroxyl groups is 1. The average molecular weight is 575 g/mol. The van der Waals surface area contributed by atoms with E-state index in [2.05, 4.69) is 29.4 Å². The number of anilines is 1. The summed E-state index contributed by atoms with van der Waals surface area (Å²) < 4.78 is 32.4. The van der Waals surface area contributed by atoms with Gasteiger partial charge in [-0.1, -0.05) is 24.3 Å². The molecule has 1 atom stereocenters. The number of hydrogen-bond acceptors (Lipinski definition) is 6. The number of ether oxygens (including phenoxy) is 3. The Balaban J connectivity index is 1.34. The lowest BCUT2D eigenvalue weighted by atomic mass is 9.79. The van der Waals surface area contributed by atoms with Crippen molar-refractivity contribution in [3.05, 3.63) is 88.8 Å². The van der Waals surface area contributed by atoms with Crippen LogP contribution in [0, 0.1) is 5.82 Å². The third kappa shape index (κ3) is 6.84. The van der Waals surface area contributed by atoms with Gasteiger partial charge in [0.25, 0.3) is 0 Å². The maximum Gasteiger partial charge on any atom is 0.165 e. The molecule has 1 fully saturated rings. The summed E-state index contributed by atoms with van der Waals surface area (Å²) in [5.41, 5.74) is 6.85. The van der Waals surface area contributed by atoms with Crippen LogP contribution in [-0.2, 0) is 19.4 Å². The molecule has 0 saturated carbocycles. The molecule has 0 aromatic heterocycles. The number of phenolic OH excluding ortho intramolecular Hbond substituents is 1. The Kier molecular flexibility index (Phi) is 9.58. The highest BCUT2D eigenvalue weighted by molar-refractivity contribution is 5.64. The van der Waals surface area contributed by atoms with Gasteiger partial charge in [0.1, 0.15) is 12.4 Å². The van der Waals surface area contributed by atoms with Gasteiger partial charge in [0.2, 0.25) is 0 Å². The lowest BCUT2D eigenvalue weighted by molar-refractivity contribution is 0.201. The van der Waals surface area contributed by atoms with Gasteiger partial charge in [0, 0.05) is 37.9 Å². The predicted octanol–water partition coefficient (Wildman–Crippen LogP) is 6.88. The van der Waals surface area contributed by atoms with E-state index in [0.29, 0.717) is 30.4 Å². The van der Waals surface area contributed by atoms with Gasteiger partial charge < -0.3 is 24.2 Å². The molecule has 1 unspecified atom stereocenters. The summed E-state index contributed by atoms with van der Waals surface area (Å²) in [6.07, 6.45) is 4.95. The summed E-state index contributed by atoms with van der Waals surface area (Å²) in [6.45, 7) is 10.6. The second-order valence-electron chi connectivity index (χ2n) is 11.4. The van der Waals surface area contributed by atoms with Crippen molar-refractivity contribution < 1.29 is 23.7 Å². The zero-order valence-electron chi connectivity index (χ0n) is 25.1.